The molecular formula is C9H13BrN2OS. The first-order valence-electron chi connectivity index (χ1n) is 4.46. The van der Waals surface area contributed by atoms with E-state index in [0.29, 0.717) is 24.2 Å². The third-order valence-corrected chi connectivity index (χ3v) is 3.20. The van der Waals surface area contributed by atoms with E-state index in [9.17, 15) is 4.79 Å². The number of hydrogen-bond donors (Lipinski definition) is 1. The number of carbonyl (C=O) groups excluding carboxylic acids is 1. The van der Waals surface area contributed by atoms with Crippen molar-refractivity contribution in [3.8, 4) is 0 Å². The van der Waals surface area contributed by atoms with Crippen molar-refractivity contribution >= 4 is 33.2 Å². The van der Waals surface area contributed by atoms with Gasteiger partial charge < -0.3 is 5.32 Å². The monoisotopic (exact) mass is 276 g/mol. The molecule has 1 N–H and O–H groups in total. The van der Waals surface area contributed by atoms with Gasteiger partial charge >= 0.3 is 0 Å². The molecule has 0 aliphatic rings. The Morgan fingerprint density at radius 2 is 2.57 bits per heavy atom. The smallest absolute Gasteiger partial charge is 0.220 e. The van der Waals surface area contributed by atoms with Gasteiger partial charge in [0.15, 0.2) is 0 Å². The van der Waals surface area contributed by atoms with Gasteiger partial charge in [0.25, 0.3) is 0 Å². The lowest BCUT2D eigenvalue weighted by atomic mass is 10.2. The number of hydrogen-bond acceptors (Lipinski definition) is 3. The average molecular weight is 277 g/mol. The second-order valence-electron chi connectivity index (χ2n) is 3.01. The van der Waals surface area contributed by atoms with Gasteiger partial charge in [0.1, 0.15) is 0 Å². The van der Waals surface area contributed by atoms with Crippen LogP contribution in [0.5, 0.6) is 0 Å². The van der Waals surface area contributed by atoms with E-state index in [1.807, 2.05) is 5.38 Å². The van der Waals surface area contributed by atoms with Crippen molar-refractivity contribution < 1.29 is 4.79 Å². The van der Waals surface area contributed by atoms with Gasteiger partial charge in [-0.25, -0.2) is 4.98 Å². The van der Waals surface area contributed by atoms with Crippen LogP contribution in [-0.4, -0.2) is 22.8 Å². The first-order valence-corrected chi connectivity index (χ1v) is 6.46. The van der Waals surface area contributed by atoms with Gasteiger partial charge in [0, 0.05) is 35.8 Å². The second-order valence-corrected chi connectivity index (χ2v) is 4.73. The van der Waals surface area contributed by atoms with Gasteiger partial charge in [-0.2, -0.15) is 0 Å². The van der Waals surface area contributed by atoms with Crippen LogP contribution in [0, 0.1) is 0 Å². The lowest BCUT2D eigenvalue weighted by Crippen LogP contribution is -2.27. The van der Waals surface area contributed by atoms with E-state index in [2.05, 4.69) is 33.2 Å². The van der Waals surface area contributed by atoms with E-state index >= 15 is 0 Å². The highest BCUT2D eigenvalue weighted by Crippen LogP contribution is 2.16. The lowest BCUT2D eigenvalue weighted by Gasteiger charge is -2.09. The quantitative estimate of drug-likeness (QED) is 0.838. The van der Waals surface area contributed by atoms with Gasteiger partial charge in [-0.3, -0.25) is 4.79 Å². The Morgan fingerprint density at radius 3 is 3.14 bits per heavy atom. The Kier molecular flexibility index (Phi) is 5.11. The molecule has 1 unspecified atom stereocenters. The van der Waals surface area contributed by atoms with Gasteiger partial charge in [0.05, 0.1) is 5.01 Å². The molecule has 3 nitrogen and oxygen atoms in total. The van der Waals surface area contributed by atoms with Crippen LogP contribution in [0.3, 0.4) is 0 Å². The van der Waals surface area contributed by atoms with Crippen molar-refractivity contribution in [3.63, 3.8) is 0 Å². The number of carbonyl (C=O) groups is 1. The van der Waals surface area contributed by atoms with E-state index in [0.717, 1.165) is 5.01 Å². The largest absolute Gasteiger partial charge is 0.355 e. The molecule has 1 aromatic rings. The molecule has 0 bridgehead atoms. The number of nitrogens with one attached hydrogen (secondary N) is 1. The Morgan fingerprint density at radius 1 is 1.79 bits per heavy atom. The fraction of sp³-hybridized carbons (Fsp3) is 0.556. The highest BCUT2D eigenvalue weighted by molar-refractivity contribution is 9.09. The molecule has 0 saturated heterocycles. The predicted molar refractivity (Wildman–Crippen MR) is 61.9 cm³/mol. The molecule has 0 spiro atoms. The molecule has 14 heavy (non-hydrogen) atoms. The van der Waals surface area contributed by atoms with Gasteiger partial charge in [-0.15, -0.1) is 11.3 Å². The van der Waals surface area contributed by atoms with Crippen molar-refractivity contribution in [2.45, 2.75) is 19.3 Å². The summed E-state index contributed by atoms with van der Waals surface area (Å²) in [5.41, 5.74) is 0. The molecule has 0 fully saturated rings. The van der Waals surface area contributed by atoms with Crippen molar-refractivity contribution in [2.24, 2.45) is 0 Å². The Labute approximate surface area is 96.1 Å². The molecule has 0 aliphatic carbocycles. The second kappa shape index (κ2) is 6.14. The number of halogens is 1. The van der Waals surface area contributed by atoms with Crippen LogP contribution in [0.15, 0.2) is 11.6 Å². The molecule has 1 rings (SSSR count). The Bertz CT molecular complexity index is 276. The van der Waals surface area contributed by atoms with Crippen molar-refractivity contribution in [3.05, 3.63) is 16.6 Å². The van der Waals surface area contributed by atoms with E-state index < -0.39 is 0 Å². The third-order valence-electron chi connectivity index (χ3n) is 1.80. The van der Waals surface area contributed by atoms with Crippen LogP contribution in [0.1, 0.15) is 24.3 Å². The van der Waals surface area contributed by atoms with Gasteiger partial charge in [-0.1, -0.05) is 22.9 Å². The van der Waals surface area contributed by atoms with Crippen molar-refractivity contribution in [1.29, 1.82) is 0 Å². The maximum absolute atomic E-state index is 11.2. The molecule has 1 atom stereocenters. The van der Waals surface area contributed by atoms with E-state index in [4.69, 9.17) is 0 Å². The van der Waals surface area contributed by atoms with Crippen LogP contribution >= 0.6 is 27.3 Å². The molecule has 5 heteroatoms. The fourth-order valence-corrected chi connectivity index (χ4v) is 2.06. The standard InChI is InChI=1S/C9H13BrN2OS/c1-7(9-11-4-5-14-9)6-12-8(13)2-3-10/h4-5,7H,2-3,6H2,1H3,(H,12,13). The number of aromatic nitrogens is 1. The zero-order valence-electron chi connectivity index (χ0n) is 8.00. The van der Waals surface area contributed by atoms with Crippen LogP contribution in [0.25, 0.3) is 0 Å². The minimum absolute atomic E-state index is 0.0882. The number of alkyl halides is 1. The number of amides is 1. The molecule has 0 aliphatic heterocycles. The number of rotatable bonds is 5. The summed E-state index contributed by atoms with van der Waals surface area (Å²) < 4.78 is 0. The Hall–Kier alpha value is -0.420. The first kappa shape index (κ1) is 11.7. The topological polar surface area (TPSA) is 42.0 Å². The molecule has 0 radical (unpaired) electrons. The minimum Gasteiger partial charge on any atom is -0.355 e. The zero-order chi connectivity index (χ0) is 10.4. The predicted octanol–water partition coefficient (Wildman–Crippen LogP) is 2.15. The summed E-state index contributed by atoms with van der Waals surface area (Å²) in [7, 11) is 0. The summed E-state index contributed by atoms with van der Waals surface area (Å²) in [6.07, 6.45) is 2.32. The summed E-state index contributed by atoms with van der Waals surface area (Å²) in [6, 6.07) is 0. The highest BCUT2D eigenvalue weighted by atomic mass is 79.9. The summed E-state index contributed by atoms with van der Waals surface area (Å²) in [5.74, 6) is 0.388. The zero-order valence-corrected chi connectivity index (χ0v) is 10.4. The number of nitrogens with zero attached hydrogens (tertiary/aromatic N) is 1. The molecule has 0 saturated carbocycles. The summed E-state index contributed by atoms with van der Waals surface area (Å²) in [4.78, 5) is 15.4. The van der Waals surface area contributed by atoms with Gasteiger partial charge in [0.2, 0.25) is 5.91 Å². The summed E-state index contributed by atoms with van der Waals surface area (Å²) in [5, 5.41) is 6.61. The van der Waals surface area contributed by atoms with Gasteiger partial charge in [-0.05, 0) is 0 Å². The normalized spacial score (nSPS) is 12.4. The summed E-state index contributed by atoms with van der Waals surface area (Å²) >= 11 is 4.85. The SMILES string of the molecule is CC(CNC(=O)CCBr)c1nccs1. The third kappa shape index (κ3) is 3.75. The van der Waals surface area contributed by atoms with Crippen molar-refractivity contribution in [1.82, 2.24) is 10.3 Å². The summed E-state index contributed by atoms with van der Waals surface area (Å²) in [6.45, 7) is 2.73. The molecule has 1 heterocycles. The van der Waals surface area contributed by atoms with E-state index in [-0.39, 0.29) is 5.91 Å². The van der Waals surface area contributed by atoms with Crippen LogP contribution in [-0.2, 0) is 4.79 Å². The maximum Gasteiger partial charge on any atom is 0.220 e. The Balaban J connectivity index is 2.28. The maximum atomic E-state index is 11.2. The molecular weight excluding hydrogens is 264 g/mol. The van der Waals surface area contributed by atoms with Crippen molar-refractivity contribution in [2.75, 3.05) is 11.9 Å². The van der Waals surface area contributed by atoms with E-state index in [1.165, 1.54) is 0 Å². The average Bonchev–Trinajstić information content (AvgIpc) is 2.67. The molecule has 1 aromatic heterocycles. The number of thiazole rings is 1. The first-order chi connectivity index (χ1) is 6.74. The molecule has 0 aromatic carbocycles. The highest BCUT2D eigenvalue weighted by Gasteiger charge is 2.09. The molecule has 1 amide bonds. The molecule has 78 valence electrons. The minimum atomic E-state index is 0.0882. The van der Waals surface area contributed by atoms with E-state index in [1.54, 1.807) is 17.5 Å². The van der Waals surface area contributed by atoms with Crippen LogP contribution < -0.4 is 5.32 Å². The van der Waals surface area contributed by atoms with Crippen LogP contribution in [0.2, 0.25) is 0 Å². The lowest BCUT2D eigenvalue weighted by molar-refractivity contribution is -0.120. The van der Waals surface area contributed by atoms with Crippen LogP contribution in [0.4, 0.5) is 0 Å². The fourth-order valence-electron chi connectivity index (χ4n) is 1.01.